The number of hydrogen-bond donors (Lipinski definition) is 3. The minimum absolute atomic E-state index is 0.229. The molecule has 1 spiro atoms. The molecule has 4 rings (SSSR count). The Morgan fingerprint density at radius 3 is 2.75 bits per heavy atom. The number of hydrogen-bond acceptors (Lipinski definition) is 2. The molecule has 1 atom stereocenters. The third-order valence-electron chi connectivity index (χ3n) is 6.20. The summed E-state index contributed by atoms with van der Waals surface area (Å²) >= 11 is 0. The molecular formula is C20H27N3O. The number of aromatic amines is 1. The highest BCUT2D eigenvalue weighted by Gasteiger charge is 2.57. The molecular weight excluding hydrogens is 298 g/mol. The van der Waals surface area contributed by atoms with E-state index in [2.05, 4.69) is 48.5 Å². The Kier molecular flexibility index (Phi) is 3.68. The third kappa shape index (κ3) is 2.53. The minimum atomic E-state index is 0.229. The summed E-state index contributed by atoms with van der Waals surface area (Å²) < 4.78 is 0. The van der Waals surface area contributed by atoms with Crippen LogP contribution in [-0.4, -0.2) is 24.0 Å². The SMILES string of the molecule is Cc1cc(CNC(=O)C2CC23CCNCC3)c2[nH]c(C)c(C)c2c1. The number of benzene rings is 1. The first-order valence-electron chi connectivity index (χ1n) is 9.07. The second kappa shape index (κ2) is 5.62. The molecule has 4 heteroatoms. The summed E-state index contributed by atoms with van der Waals surface area (Å²) in [6.45, 7) is 9.12. The number of fused-ring (bicyclic) bond motifs is 1. The van der Waals surface area contributed by atoms with E-state index in [4.69, 9.17) is 0 Å². The van der Waals surface area contributed by atoms with Gasteiger partial charge >= 0.3 is 0 Å². The van der Waals surface area contributed by atoms with Crippen molar-refractivity contribution in [1.29, 1.82) is 0 Å². The van der Waals surface area contributed by atoms with Crippen LogP contribution in [0, 0.1) is 32.1 Å². The molecule has 1 aromatic carbocycles. The number of piperidine rings is 1. The molecule has 2 aromatic rings. The molecule has 2 heterocycles. The monoisotopic (exact) mass is 325 g/mol. The van der Waals surface area contributed by atoms with Gasteiger partial charge in [0.2, 0.25) is 5.91 Å². The minimum Gasteiger partial charge on any atom is -0.358 e. The lowest BCUT2D eigenvalue weighted by molar-refractivity contribution is -0.123. The topological polar surface area (TPSA) is 56.9 Å². The van der Waals surface area contributed by atoms with Crippen LogP contribution < -0.4 is 10.6 Å². The Morgan fingerprint density at radius 2 is 2.00 bits per heavy atom. The van der Waals surface area contributed by atoms with Crippen molar-refractivity contribution in [3.63, 3.8) is 0 Å². The maximum absolute atomic E-state index is 12.6. The lowest BCUT2D eigenvalue weighted by Crippen LogP contribution is -2.33. The number of aryl methyl sites for hydroxylation is 3. The number of rotatable bonds is 3. The molecule has 2 fully saturated rings. The van der Waals surface area contributed by atoms with Gasteiger partial charge in [0, 0.05) is 23.5 Å². The highest BCUT2D eigenvalue weighted by molar-refractivity contribution is 5.88. The molecule has 1 saturated heterocycles. The predicted molar refractivity (Wildman–Crippen MR) is 97.0 cm³/mol. The maximum Gasteiger partial charge on any atom is 0.223 e. The number of aromatic nitrogens is 1. The van der Waals surface area contributed by atoms with E-state index in [1.54, 1.807) is 0 Å². The van der Waals surface area contributed by atoms with Crippen molar-refractivity contribution in [2.45, 2.75) is 46.6 Å². The van der Waals surface area contributed by atoms with Crippen LogP contribution in [0.15, 0.2) is 12.1 Å². The van der Waals surface area contributed by atoms with Crippen molar-refractivity contribution in [3.05, 3.63) is 34.5 Å². The van der Waals surface area contributed by atoms with Crippen molar-refractivity contribution in [2.75, 3.05) is 13.1 Å². The van der Waals surface area contributed by atoms with Gasteiger partial charge in [0.25, 0.3) is 0 Å². The first-order chi connectivity index (χ1) is 11.5. The fourth-order valence-corrected chi connectivity index (χ4v) is 4.43. The van der Waals surface area contributed by atoms with Gasteiger partial charge in [-0.3, -0.25) is 4.79 Å². The van der Waals surface area contributed by atoms with E-state index in [1.807, 2.05) is 0 Å². The van der Waals surface area contributed by atoms with Gasteiger partial charge < -0.3 is 15.6 Å². The average Bonchev–Trinajstić information content (AvgIpc) is 3.18. The van der Waals surface area contributed by atoms with Gasteiger partial charge in [0.05, 0.1) is 5.52 Å². The zero-order chi connectivity index (χ0) is 16.9. The molecule has 24 heavy (non-hydrogen) atoms. The Bertz CT molecular complexity index is 799. The predicted octanol–water partition coefficient (Wildman–Crippen LogP) is 3.10. The first-order valence-corrected chi connectivity index (χ1v) is 9.07. The number of amides is 1. The Labute approximate surface area is 143 Å². The van der Waals surface area contributed by atoms with E-state index in [-0.39, 0.29) is 11.8 Å². The lowest BCUT2D eigenvalue weighted by atomic mass is 9.92. The average molecular weight is 325 g/mol. The second-order valence-electron chi connectivity index (χ2n) is 7.81. The van der Waals surface area contributed by atoms with Gasteiger partial charge in [-0.1, -0.05) is 11.6 Å². The quantitative estimate of drug-likeness (QED) is 0.812. The van der Waals surface area contributed by atoms with Crippen LogP contribution in [0.3, 0.4) is 0 Å². The summed E-state index contributed by atoms with van der Waals surface area (Å²) in [5, 5.41) is 7.87. The molecule has 1 aliphatic heterocycles. The van der Waals surface area contributed by atoms with Crippen LogP contribution >= 0.6 is 0 Å². The number of nitrogens with one attached hydrogen (secondary N) is 3. The van der Waals surface area contributed by atoms with E-state index in [0.717, 1.165) is 32.4 Å². The van der Waals surface area contributed by atoms with Crippen molar-refractivity contribution in [2.24, 2.45) is 11.3 Å². The third-order valence-corrected chi connectivity index (χ3v) is 6.20. The van der Waals surface area contributed by atoms with Crippen molar-refractivity contribution in [3.8, 4) is 0 Å². The number of carbonyl (C=O) groups is 1. The Morgan fingerprint density at radius 1 is 1.25 bits per heavy atom. The van der Waals surface area contributed by atoms with Crippen molar-refractivity contribution >= 4 is 16.8 Å². The van der Waals surface area contributed by atoms with Crippen LogP contribution in [0.2, 0.25) is 0 Å². The smallest absolute Gasteiger partial charge is 0.223 e. The van der Waals surface area contributed by atoms with E-state index < -0.39 is 0 Å². The molecule has 128 valence electrons. The second-order valence-corrected chi connectivity index (χ2v) is 7.81. The largest absolute Gasteiger partial charge is 0.358 e. The van der Waals surface area contributed by atoms with Gasteiger partial charge in [0.1, 0.15) is 0 Å². The zero-order valence-corrected chi connectivity index (χ0v) is 14.9. The standard InChI is InChI=1S/C20H27N3O/c1-12-8-15(18-16(9-12)13(2)14(3)23-18)11-22-19(24)17-10-20(17)4-6-21-7-5-20/h8-9,17,21,23H,4-7,10-11H2,1-3H3,(H,22,24). The molecule has 3 N–H and O–H groups in total. The fourth-order valence-electron chi connectivity index (χ4n) is 4.43. The van der Waals surface area contributed by atoms with Gasteiger partial charge in [-0.05, 0) is 75.7 Å². The summed E-state index contributed by atoms with van der Waals surface area (Å²) in [5.74, 6) is 0.471. The Hall–Kier alpha value is -1.81. The highest BCUT2D eigenvalue weighted by atomic mass is 16.2. The summed E-state index contributed by atoms with van der Waals surface area (Å²) in [6, 6.07) is 4.41. The zero-order valence-electron chi connectivity index (χ0n) is 14.9. The van der Waals surface area contributed by atoms with E-state index in [9.17, 15) is 4.79 Å². The summed E-state index contributed by atoms with van der Waals surface area (Å²) in [6.07, 6.45) is 3.37. The fraction of sp³-hybridized carbons (Fsp3) is 0.550. The summed E-state index contributed by atoms with van der Waals surface area (Å²) in [7, 11) is 0. The van der Waals surface area contributed by atoms with E-state index in [1.165, 1.54) is 33.3 Å². The van der Waals surface area contributed by atoms with Gasteiger partial charge in [-0.25, -0.2) is 0 Å². The summed E-state index contributed by atoms with van der Waals surface area (Å²) in [5.41, 5.74) is 6.42. The van der Waals surface area contributed by atoms with Crippen LogP contribution in [0.25, 0.3) is 10.9 Å². The van der Waals surface area contributed by atoms with Gasteiger partial charge in [-0.15, -0.1) is 0 Å². The number of carbonyl (C=O) groups excluding carboxylic acids is 1. The number of H-pyrrole nitrogens is 1. The van der Waals surface area contributed by atoms with Crippen LogP contribution in [0.5, 0.6) is 0 Å². The summed E-state index contributed by atoms with van der Waals surface area (Å²) in [4.78, 5) is 16.1. The first kappa shape index (κ1) is 15.7. The Balaban J connectivity index is 1.49. The normalized spacial score (nSPS) is 22.0. The molecule has 1 amide bonds. The molecule has 1 unspecified atom stereocenters. The van der Waals surface area contributed by atoms with Crippen LogP contribution in [0.1, 0.15) is 41.6 Å². The highest BCUT2D eigenvalue weighted by Crippen LogP contribution is 2.58. The van der Waals surface area contributed by atoms with Crippen LogP contribution in [-0.2, 0) is 11.3 Å². The molecule has 0 bridgehead atoms. The van der Waals surface area contributed by atoms with E-state index >= 15 is 0 Å². The van der Waals surface area contributed by atoms with E-state index in [0.29, 0.717) is 12.0 Å². The van der Waals surface area contributed by atoms with Gasteiger partial charge in [0.15, 0.2) is 0 Å². The molecule has 1 aliphatic carbocycles. The molecule has 4 nitrogen and oxygen atoms in total. The molecule has 1 saturated carbocycles. The van der Waals surface area contributed by atoms with Crippen LogP contribution in [0.4, 0.5) is 0 Å². The molecule has 1 aromatic heterocycles. The molecule has 0 radical (unpaired) electrons. The lowest BCUT2D eigenvalue weighted by Gasteiger charge is -2.23. The maximum atomic E-state index is 12.6. The molecule has 2 aliphatic rings. The van der Waals surface area contributed by atoms with Crippen molar-refractivity contribution < 1.29 is 4.79 Å². The van der Waals surface area contributed by atoms with Crippen molar-refractivity contribution in [1.82, 2.24) is 15.6 Å². The van der Waals surface area contributed by atoms with Gasteiger partial charge in [-0.2, -0.15) is 0 Å².